The number of hydrogen-bond acceptors (Lipinski definition) is 16. The number of hydrogen-bond donors (Lipinski definition) is 16. The number of amides is 10. The largest absolute Gasteiger partial charge is 0.497 e. The fourth-order valence-electron chi connectivity index (χ4n) is 8.80. The highest BCUT2D eigenvalue weighted by atomic mass is 32.1. The number of aliphatic carboxylic acids is 1. The number of benzene rings is 1. The zero-order valence-corrected chi connectivity index (χ0v) is 45.8. The first-order valence-corrected chi connectivity index (χ1v) is 26.7. The zero-order chi connectivity index (χ0) is 58.8. The molecule has 0 aromatic heterocycles. The molecule has 1 saturated heterocycles. The van der Waals surface area contributed by atoms with Crippen molar-refractivity contribution in [2.24, 2.45) is 44.4 Å². The lowest BCUT2D eigenvalue weighted by Crippen LogP contribution is -2.59. The van der Waals surface area contributed by atoms with Gasteiger partial charge in [-0.2, -0.15) is 25.3 Å². The van der Waals surface area contributed by atoms with Crippen molar-refractivity contribution in [3.05, 3.63) is 29.8 Å². The number of carboxylic acid groups (broad SMARTS) is 1. The summed E-state index contributed by atoms with van der Waals surface area (Å²) in [6, 6.07) is -3.66. The molecule has 1 aliphatic heterocycles. The van der Waals surface area contributed by atoms with E-state index in [1.807, 2.05) is 0 Å². The molecule has 29 nitrogen and oxygen atoms in total. The first kappa shape index (κ1) is 65.7. The van der Waals surface area contributed by atoms with Gasteiger partial charge < -0.3 is 86.4 Å². The van der Waals surface area contributed by atoms with Gasteiger partial charge in [0.1, 0.15) is 48.0 Å². The third-order valence-corrected chi connectivity index (χ3v) is 13.8. The van der Waals surface area contributed by atoms with Gasteiger partial charge in [-0.05, 0) is 69.1 Å². The molecule has 2 fully saturated rings. The van der Waals surface area contributed by atoms with E-state index in [-0.39, 0.29) is 82.3 Å². The third kappa shape index (κ3) is 23.5. The molecule has 79 heavy (non-hydrogen) atoms. The van der Waals surface area contributed by atoms with Crippen LogP contribution in [-0.2, 0) is 59.2 Å². The molecule has 31 heteroatoms. The number of nitrogens with zero attached hydrogens (tertiary/aromatic N) is 3. The van der Waals surface area contributed by atoms with Gasteiger partial charge in [0.2, 0.25) is 59.1 Å². The summed E-state index contributed by atoms with van der Waals surface area (Å²) >= 11 is 8.78. The average Bonchev–Trinajstić information content (AvgIpc) is 3.90. The molecule has 438 valence electrons. The van der Waals surface area contributed by atoms with Gasteiger partial charge in [-0.15, -0.1) is 0 Å². The Morgan fingerprint density at radius 3 is 1.77 bits per heavy atom. The fraction of sp³-hybridized carbons (Fsp3) is 0.604. The predicted octanol–water partition coefficient (Wildman–Crippen LogP) is -4.85. The number of likely N-dealkylation sites (tertiary alicyclic amines) is 1. The smallest absolute Gasteiger partial charge is 0.305 e. The number of aliphatic imine (C=N–C) groups is 2. The molecule has 3 rings (SSSR count). The van der Waals surface area contributed by atoms with Crippen LogP contribution in [0.3, 0.4) is 0 Å². The second-order valence-electron chi connectivity index (χ2n) is 19.2. The Hall–Kier alpha value is -7.57. The summed E-state index contributed by atoms with van der Waals surface area (Å²) in [5.41, 5.74) is 33.1. The number of ether oxygens (including phenoxy) is 1. The van der Waals surface area contributed by atoms with E-state index in [4.69, 9.17) is 51.8 Å². The van der Waals surface area contributed by atoms with Gasteiger partial charge in [0, 0.05) is 43.0 Å². The normalized spacial score (nSPS) is 16.8. The number of rotatable bonds is 33. The van der Waals surface area contributed by atoms with E-state index in [2.05, 4.69) is 59.8 Å². The van der Waals surface area contributed by atoms with Crippen molar-refractivity contribution < 1.29 is 62.6 Å². The number of primary amides is 2. The maximum Gasteiger partial charge on any atom is 0.305 e. The monoisotopic (exact) mass is 1150 g/mol. The van der Waals surface area contributed by atoms with Crippen molar-refractivity contribution in [1.82, 2.24) is 42.1 Å². The van der Waals surface area contributed by atoms with Gasteiger partial charge in [-0.3, -0.25) is 62.7 Å². The van der Waals surface area contributed by atoms with Crippen molar-refractivity contribution in [2.75, 3.05) is 39.0 Å². The second-order valence-corrected chi connectivity index (χ2v) is 20.5. The number of guanidine groups is 2. The summed E-state index contributed by atoms with van der Waals surface area (Å²) in [4.78, 5) is 155. The Morgan fingerprint density at radius 1 is 0.684 bits per heavy atom. The van der Waals surface area contributed by atoms with Crippen molar-refractivity contribution >= 4 is 102 Å². The molecule has 2 aliphatic rings. The van der Waals surface area contributed by atoms with Crippen LogP contribution in [0, 0.1) is 0 Å². The summed E-state index contributed by atoms with van der Waals surface area (Å²) in [6.07, 6.45) is 2.87. The Kier molecular flexibility index (Phi) is 27.4. The van der Waals surface area contributed by atoms with Crippen LogP contribution in [0.25, 0.3) is 0 Å². The van der Waals surface area contributed by atoms with E-state index in [1.165, 1.54) is 12.0 Å². The number of carbonyl (C=O) groups is 11. The molecular weight excluding hydrogens is 1070 g/mol. The van der Waals surface area contributed by atoms with E-state index >= 15 is 0 Å². The minimum absolute atomic E-state index is 0.0104. The number of methoxy groups -OCH3 is 1. The third-order valence-electron chi connectivity index (χ3n) is 12.8. The van der Waals surface area contributed by atoms with Crippen LogP contribution in [-0.4, -0.2) is 173 Å². The summed E-state index contributed by atoms with van der Waals surface area (Å²) < 4.78 is 4.62. The Bertz CT molecular complexity index is 2380. The van der Waals surface area contributed by atoms with Gasteiger partial charge in [-0.25, -0.2) is 0 Å². The maximum atomic E-state index is 14.1. The van der Waals surface area contributed by atoms with Gasteiger partial charge in [0.15, 0.2) is 11.9 Å². The SMILES string of the molecule is COc1ccc(C[C@H](NC(=O)[C@H](CC(=O)O)NC(=O)CNC(=O)[C@H](CCCN=C(N)N)NC(=O)[C@@H]2CCCN2C(=O)[C@H](CC(N)=O)NC(=O)CC2(S)CCCCC2)C(=O)N[C@@H](CCCN=C(N)N)C(=O)N[C@@H](CS)C(N)=O)cc1. The highest BCUT2D eigenvalue weighted by Crippen LogP contribution is 2.36. The molecule has 0 unspecified atom stereocenters. The number of nitrogens with one attached hydrogen (secondary N) is 7. The number of carbonyl (C=O) groups excluding carboxylic acids is 10. The van der Waals surface area contributed by atoms with Crippen molar-refractivity contribution in [3.63, 3.8) is 0 Å². The number of carboxylic acids is 1. The standard InChI is InChI=1S/C48H76N16O13S2/c1-77-27-13-11-26(12-14-27)20-30(42(73)60-29(9-6-18-56-47(53)54)41(72)63-33(25-78)39(50)70)62-43(74)31(22-38(68)69)58-37(67)24-57-40(71)28(8-5-17-55-46(51)52)61-44(75)34-10-7-19-64(34)45(76)32(21-35(49)65)59-36(66)23-48(79)15-3-2-4-16-48/h11-14,28-34,78-79H,2-10,15-25H2,1H3,(H2,49,65)(H2,50,70)(H,57,71)(H,58,67)(H,59,66)(H,60,73)(H,61,75)(H,62,74)(H,63,72)(H,68,69)(H4,51,52,55)(H4,53,54,56)/t28-,29-,30-,31-,32-,33-,34-/m0/s1. The lowest BCUT2D eigenvalue weighted by molar-refractivity contribution is -0.143. The topological polar surface area (TPSA) is 486 Å². The molecule has 20 N–H and O–H groups in total. The highest BCUT2D eigenvalue weighted by Gasteiger charge is 2.41. The van der Waals surface area contributed by atoms with E-state index in [1.54, 1.807) is 24.3 Å². The van der Waals surface area contributed by atoms with Crippen LogP contribution in [0.15, 0.2) is 34.3 Å². The van der Waals surface area contributed by atoms with Crippen molar-refractivity contribution in [1.29, 1.82) is 0 Å². The molecular formula is C48H76N16O13S2. The Balaban J connectivity index is 1.82. The molecule has 1 aromatic carbocycles. The molecule has 10 amide bonds. The van der Waals surface area contributed by atoms with E-state index < -0.39 is 131 Å². The Morgan fingerprint density at radius 2 is 1.23 bits per heavy atom. The minimum Gasteiger partial charge on any atom is -0.497 e. The summed E-state index contributed by atoms with van der Waals surface area (Å²) in [6.45, 7) is -0.757. The first-order valence-electron chi connectivity index (χ1n) is 25.6. The van der Waals surface area contributed by atoms with Crippen molar-refractivity contribution in [3.8, 4) is 5.75 Å². The molecule has 1 aliphatic carbocycles. The molecule has 1 heterocycles. The summed E-state index contributed by atoms with van der Waals surface area (Å²) in [5, 5.41) is 27.1. The maximum absolute atomic E-state index is 14.1. The average molecular weight is 1150 g/mol. The molecule has 7 atom stereocenters. The lowest BCUT2D eigenvalue weighted by atomic mass is 9.85. The highest BCUT2D eigenvalue weighted by molar-refractivity contribution is 7.81. The van der Waals surface area contributed by atoms with Gasteiger partial charge in [0.05, 0.1) is 26.5 Å². The quantitative estimate of drug-likeness (QED) is 0.0136. The number of thiol groups is 2. The molecule has 0 bridgehead atoms. The summed E-state index contributed by atoms with van der Waals surface area (Å²) in [5.74, 6) is -10.6. The van der Waals surface area contributed by atoms with Gasteiger partial charge in [0.25, 0.3) is 0 Å². The number of nitrogens with two attached hydrogens (primary N) is 6. The van der Waals surface area contributed by atoms with E-state index in [9.17, 15) is 57.8 Å². The zero-order valence-electron chi connectivity index (χ0n) is 44.0. The predicted molar refractivity (Wildman–Crippen MR) is 294 cm³/mol. The lowest BCUT2D eigenvalue weighted by Gasteiger charge is -2.33. The van der Waals surface area contributed by atoms with Crippen LogP contribution in [0.2, 0.25) is 0 Å². The van der Waals surface area contributed by atoms with Crippen LogP contribution in [0.1, 0.15) is 95.5 Å². The fourth-order valence-corrected chi connectivity index (χ4v) is 9.53. The van der Waals surface area contributed by atoms with Crippen LogP contribution in [0.4, 0.5) is 0 Å². The van der Waals surface area contributed by atoms with Gasteiger partial charge >= 0.3 is 5.97 Å². The molecule has 0 spiro atoms. The van der Waals surface area contributed by atoms with Crippen LogP contribution in [0.5, 0.6) is 5.75 Å². The van der Waals surface area contributed by atoms with Crippen molar-refractivity contribution in [2.45, 2.75) is 143 Å². The van der Waals surface area contributed by atoms with E-state index in [0.29, 0.717) is 30.6 Å². The molecule has 1 aromatic rings. The van der Waals surface area contributed by atoms with Gasteiger partial charge in [-0.1, -0.05) is 31.4 Å². The molecule has 0 radical (unpaired) electrons. The Labute approximate surface area is 467 Å². The first-order chi connectivity index (χ1) is 37.3. The van der Waals surface area contributed by atoms with Crippen LogP contribution >= 0.6 is 25.3 Å². The molecule has 1 saturated carbocycles. The van der Waals surface area contributed by atoms with Crippen LogP contribution < -0.4 is 76.4 Å². The summed E-state index contributed by atoms with van der Waals surface area (Å²) in [7, 11) is 1.43. The van der Waals surface area contributed by atoms with E-state index in [0.717, 1.165) is 19.3 Å². The second kappa shape index (κ2) is 33.0. The minimum atomic E-state index is -1.87.